The van der Waals surface area contributed by atoms with Gasteiger partial charge in [0.1, 0.15) is 11.5 Å². The number of hydrogen-bond donors (Lipinski definition) is 1. The zero-order chi connectivity index (χ0) is 17.4. The van der Waals surface area contributed by atoms with Crippen molar-refractivity contribution < 1.29 is 14.3 Å². The summed E-state index contributed by atoms with van der Waals surface area (Å²) in [5, 5.41) is 2.93. The highest BCUT2D eigenvalue weighted by Crippen LogP contribution is 2.21. The van der Waals surface area contributed by atoms with Crippen LogP contribution in [0, 0.1) is 0 Å². The zero-order valence-corrected chi connectivity index (χ0v) is 14.2. The van der Waals surface area contributed by atoms with Crippen LogP contribution >= 0.6 is 0 Å². The summed E-state index contributed by atoms with van der Waals surface area (Å²) in [5.74, 6) is 1.45. The fourth-order valence-corrected chi connectivity index (χ4v) is 2.43. The molecule has 0 bridgehead atoms. The van der Waals surface area contributed by atoms with Gasteiger partial charge in [-0.25, -0.2) is 0 Å². The van der Waals surface area contributed by atoms with Gasteiger partial charge in [0.05, 0.1) is 13.7 Å². The number of amides is 1. The first kappa shape index (κ1) is 17.6. The van der Waals surface area contributed by atoms with Crippen LogP contribution < -0.4 is 14.8 Å². The SMILES string of the molecule is C=CCc1cc(C(=O)NCc2cccc(OCC)c2)ccc1OC. The van der Waals surface area contributed by atoms with Gasteiger partial charge < -0.3 is 14.8 Å². The van der Waals surface area contributed by atoms with E-state index < -0.39 is 0 Å². The number of hydrogen-bond acceptors (Lipinski definition) is 3. The molecule has 4 nitrogen and oxygen atoms in total. The van der Waals surface area contributed by atoms with E-state index >= 15 is 0 Å². The van der Waals surface area contributed by atoms with E-state index in [1.54, 1.807) is 19.3 Å². The summed E-state index contributed by atoms with van der Waals surface area (Å²) >= 11 is 0. The van der Waals surface area contributed by atoms with Crippen molar-refractivity contribution in [3.63, 3.8) is 0 Å². The molecule has 2 aromatic rings. The molecule has 0 aliphatic heterocycles. The van der Waals surface area contributed by atoms with Gasteiger partial charge >= 0.3 is 0 Å². The monoisotopic (exact) mass is 325 g/mol. The summed E-state index contributed by atoms with van der Waals surface area (Å²) in [4.78, 5) is 12.4. The summed E-state index contributed by atoms with van der Waals surface area (Å²) in [6, 6.07) is 13.1. The van der Waals surface area contributed by atoms with Crippen molar-refractivity contribution >= 4 is 5.91 Å². The van der Waals surface area contributed by atoms with Crippen LogP contribution in [0.2, 0.25) is 0 Å². The Morgan fingerprint density at radius 3 is 2.79 bits per heavy atom. The molecular weight excluding hydrogens is 302 g/mol. The van der Waals surface area contributed by atoms with Crippen molar-refractivity contribution in [3.8, 4) is 11.5 Å². The maximum atomic E-state index is 12.4. The van der Waals surface area contributed by atoms with Crippen LogP contribution in [0.1, 0.15) is 28.4 Å². The molecule has 24 heavy (non-hydrogen) atoms. The molecule has 1 amide bonds. The minimum atomic E-state index is -0.121. The van der Waals surface area contributed by atoms with E-state index in [1.165, 1.54) is 0 Å². The summed E-state index contributed by atoms with van der Waals surface area (Å²) in [5.41, 5.74) is 2.54. The van der Waals surface area contributed by atoms with E-state index in [0.717, 1.165) is 22.6 Å². The molecule has 0 aromatic heterocycles. The minimum Gasteiger partial charge on any atom is -0.496 e. The number of methoxy groups -OCH3 is 1. The lowest BCUT2D eigenvalue weighted by molar-refractivity contribution is 0.0950. The van der Waals surface area contributed by atoms with Crippen molar-refractivity contribution in [2.45, 2.75) is 19.9 Å². The van der Waals surface area contributed by atoms with Gasteiger partial charge in [-0.3, -0.25) is 4.79 Å². The van der Waals surface area contributed by atoms with E-state index in [4.69, 9.17) is 9.47 Å². The number of carbonyl (C=O) groups excluding carboxylic acids is 1. The fraction of sp³-hybridized carbons (Fsp3) is 0.250. The fourth-order valence-electron chi connectivity index (χ4n) is 2.43. The van der Waals surface area contributed by atoms with E-state index in [2.05, 4.69) is 11.9 Å². The Bertz CT molecular complexity index is 710. The number of allylic oxidation sites excluding steroid dienone is 1. The third kappa shape index (κ3) is 4.62. The number of nitrogens with one attached hydrogen (secondary N) is 1. The van der Waals surface area contributed by atoms with Gasteiger partial charge in [0.2, 0.25) is 0 Å². The molecule has 0 heterocycles. The molecule has 2 aromatic carbocycles. The van der Waals surface area contributed by atoms with Gasteiger partial charge in [0.15, 0.2) is 0 Å². The molecule has 126 valence electrons. The Morgan fingerprint density at radius 2 is 2.08 bits per heavy atom. The largest absolute Gasteiger partial charge is 0.496 e. The Kier molecular flexibility index (Phi) is 6.43. The standard InChI is InChI=1S/C20H23NO3/c1-4-7-16-13-17(10-11-19(16)23-3)20(22)21-14-15-8-6-9-18(12-15)24-5-2/h4,6,8-13H,1,5,7,14H2,2-3H3,(H,21,22). The Hall–Kier alpha value is -2.75. The van der Waals surface area contributed by atoms with Gasteiger partial charge in [0.25, 0.3) is 5.91 Å². The van der Waals surface area contributed by atoms with Crippen LogP contribution in [0.15, 0.2) is 55.1 Å². The van der Waals surface area contributed by atoms with Crippen molar-refractivity contribution in [1.29, 1.82) is 0 Å². The summed E-state index contributed by atoms with van der Waals surface area (Å²) in [6.07, 6.45) is 2.44. The van der Waals surface area contributed by atoms with Crippen LogP contribution in [0.3, 0.4) is 0 Å². The quantitative estimate of drug-likeness (QED) is 0.752. The third-order valence-corrected chi connectivity index (χ3v) is 3.57. The third-order valence-electron chi connectivity index (χ3n) is 3.57. The topological polar surface area (TPSA) is 47.6 Å². The number of carbonyl (C=O) groups is 1. The predicted molar refractivity (Wildman–Crippen MR) is 95.7 cm³/mol. The normalized spacial score (nSPS) is 10.1. The maximum absolute atomic E-state index is 12.4. The van der Waals surface area contributed by atoms with E-state index in [-0.39, 0.29) is 5.91 Å². The Morgan fingerprint density at radius 1 is 1.25 bits per heavy atom. The van der Waals surface area contributed by atoms with Crippen LogP contribution in [0.4, 0.5) is 0 Å². The molecule has 0 unspecified atom stereocenters. The first-order chi connectivity index (χ1) is 11.7. The van der Waals surface area contributed by atoms with Crippen molar-refractivity contribution in [2.75, 3.05) is 13.7 Å². The first-order valence-electron chi connectivity index (χ1n) is 7.95. The first-order valence-corrected chi connectivity index (χ1v) is 7.95. The highest BCUT2D eigenvalue weighted by molar-refractivity contribution is 5.94. The summed E-state index contributed by atoms with van der Waals surface area (Å²) < 4.78 is 10.8. The van der Waals surface area contributed by atoms with E-state index in [0.29, 0.717) is 25.1 Å². The molecular formula is C20H23NO3. The molecule has 0 fully saturated rings. The molecule has 4 heteroatoms. The van der Waals surface area contributed by atoms with Gasteiger partial charge in [-0.1, -0.05) is 18.2 Å². The van der Waals surface area contributed by atoms with Gasteiger partial charge in [0, 0.05) is 12.1 Å². The second-order valence-corrected chi connectivity index (χ2v) is 5.28. The van der Waals surface area contributed by atoms with E-state index in [1.807, 2.05) is 43.3 Å². The zero-order valence-electron chi connectivity index (χ0n) is 14.2. The Balaban J connectivity index is 2.05. The number of ether oxygens (including phenoxy) is 2. The molecule has 0 radical (unpaired) electrons. The van der Waals surface area contributed by atoms with Crippen LogP contribution in [0.25, 0.3) is 0 Å². The Labute approximate surface area is 143 Å². The van der Waals surface area contributed by atoms with Gasteiger partial charge in [-0.2, -0.15) is 0 Å². The highest BCUT2D eigenvalue weighted by Gasteiger charge is 2.09. The van der Waals surface area contributed by atoms with Crippen LogP contribution in [-0.4, -0.2) is 19.6 Å². The molecule has 0 saturated carbocycles. The lowest BCUT2D eigenvalue weighted by Crippen LogP contribution is -2.23. The lowest BCUT2D eigenvalue weighted by atomic mass is 10.1. The molecule has 0 spiro atoms. The lowest BCUT2D eigenvalue weighted by Gasteiger charge is -2.11. The maximum Gasteiger partial charge on any atom is 0.251 e. The van der Waals surface area contributed by atoms with Crippen molar-refractivity contribution in [3.05, 3.63) is 71.8 Å². The van der Waals surface area contributed by atoms with Crippen molar-refractivity contribution in [2.24, 2.45) is 0 Å². The van der Waals surface area contributed by atoms with Crippen LogP contribution in [0.5, 0.6) is 11.5 Å². The highest BCUT2D eigenvalue weighted by atomic mass is 16.5. The summed E-state index contributed by atoms with van der Waals surface area (Å²) in [7, 11) is 1.62. The second kappa shape index (κ2) is 8.77. The van der Waals surface area contributed by atoms with Gasteiger partial charge in [-0.15, -0.1) is 6.58 Å². The van der Waals surface area contributed by atoms with E-state index in [9.17, 15) is 4.79 Å². The van der Waals surface area contributed by atoms with Gasteiger partial charge in [-0.05, 0) is 54.8 Å². The number of benzene rings is 2. The van der Waals surface area contributed by atoms with Crippen molar-refractivity contribution in [1.82, 2.24) is 5.32 Å². The van der Waals surface area contributed by atoms with Crippen LogP contribution in [-0.2, 0) is 13.0 Å². The minimum absolute atomic E-state index is 0.121. The second-order valence-electron chi connectivity index (χ2n) is 5.28. The molecule has 2 rings (SSSR count). The molecule has 0 aliphatic rings. The molecule has 0 aliphatic carbocycles. The predicted octanol–water partition coefficient (Wildman–Crippen LogP) is 3.75. The average Bonchev–Trinajstić information content (AvgIpc) is 2.60. The molecule has 1 N–H and O–H groups in total. The molecule has 0 saturated heterocycles. The summed E-state index contributed by atoms with van der Waals surface area (Å²) in [6.45, 7) is 6.75. The molecule has 0 atom stereocenters. The average molecular weight is 325 g/mol. The smallest absolute Gasteiger partial charge is 0.251 e. The number of rotatable bonds is 8.